The molecule has 0 spiro atoms. The molecular weight excluding hydrogens is 807 g/mol. The normalized spacial score (nSPS) is 16.1. The molecule has 8 rings (SSSR count). The van der Waals surface area contributed by atoms with Crippen molar-refractivity contribution >= 4 is 41.0 Å². The average molecular weight is 848 g/mol. The minimum absolute atomic E-state index is 0.0338. The number of hydrogen-bond acceptors (Lipinski definition) is 9. The van der Waals surface area contributed by atoms with E-state index in [9.17, 15) is 19.5 Å². The summed E-state index contributed by atoms with van der Waals surface area (Å²) in [4.78, 5) is 46.6. The smallest absolute Gasteiger partial charge is 0.326 e. The molecule has 0 fully saturated rings. The van der Waals surface area contributed by atoms with E-state index in [2.05, 4.69) is 15.5 Å². The number of aryl methyl sites for hydroxylation is 2. The molecule has 60 heavy (non-hydrogen) atoms. The molecule has 0 saturated carbocycles. The fraction of sp³-hybridized carbons (Fsp3) is 0.239. The molecular formula is C46H40Cl2N4O8. The van der Waals surface area contributed by atoms with Gasteiger partial charge in [-0.25, -0.2) is 4.79 Å². The van der Waals surface area contributed by atoms with Crippen LogP contribution in [0.15, 0.2) is 102 Å². The first-order valence-electron chi connectivity index (χ1n) is 19.3. The van der Waals surface area contributed by atoms with Crippen LogP contribution in [0.5, 0.6) is 17.2 Å². The van der Waals surface area contributed by atoms with E-state index in [1.165, 1.54) is 11.1 Å². The van der Waals surface area contributed by atoms with Gasteiger partial charge in [-0.3, -0.25) is 14.6 Å². The van der Waals surface area contributed by atoms with Gasteiger partial charge in [0.05, 0.1) is 16.2 Å². The van der Waals surface area contributed by atoms with Gasteiger partial charge in [-0.1, -0.05) is 70.8 Å². The number of aromatic nitrogens is 2. The Bertz CT molecular complexity index is 2600. The fourth-order valence-electron chi connectivity index (χ4n) is 7.47. The lowest BCUT2D eigenvalue weighted by atomic mass is 9.91. The summed E-state index contributed by atoms with van der Waals surface area (Å²) in [5, 5.41) is 17.7. The number of carbonyl (C=O) groups excluding carboxylic acids is 2. The number of fused-ring (bicyclic) bond motifs is 2. The second-order valence-electron chi connectivity index (χ2n) is 14.9. The number of carboxylic acids is 1. The Hall–Kier alpha value is -6.37. The van der Waals surface area contributed by atoms with Crippen molar-refractivity contribution in [3.63, 3.8) is 0 Å². The van der Waals surface area contributed by atoms with Crippen molar-refractivity contribution in [2.75, 3.05) is 6.61 Å². The van der Waals surface area contributed by atoms with Gasteiger partial charge in [-0.2, -0.15) is 0 Å². The molecule has 0 radical (unpaired) electrons. The lowest BCUT2D eigenvalue weighted by Gasteiger charge is -2.37. The molecule has 3 unspecified atom stereocenters. The van der Waals surface area contributed by atoms with E-state index in [0.29, 0.717) is 39.7 Å². The van der Waals surface area contributed by atoms with E-state index in [4.69, 9.17) is 41.9 Å². The standard InChI is InChI=1S/C46H40Cl2N4O8/c1-25-26(2)49-15-14-35(25)30-7-4-28(5-8-30)17-39(46(55)56)51-44(53)40-18-32-19-41-42(20-33(32)22-52(40)45(54)36-21-50-60-27(36)3)59-43(24-58-41)31-9-11-34(12-10-31)57-23-29-6-13-37(47)38(48)16-29/h4-16,19-21,39-40,43H,17-18,22-24H2,1-3H3,(H,51,53)(H,55,56). The largest absolute Gasteiger partial charge is 0.489 e. The third-order valence-corrected chi connectivity index (χ3v) is 11.8. The van der Waals surface area contributed by atoms with Crippen LogP contribution in [0.25, 0.3) is 11.1 Å². The van der Waals surface area contributed by atoms with Gasteiger partial charge in [0.1, 0.15) is 42.4 Å². The number of carboxylic acid groups (broad SMARTS) is 1. The molecule has 2 amide bonds. The molecule has 0 saturated heterocycles. The summed E-state index contributed by atoms with van der Waals surface area (Å²) in [6.07, 6.45) is 2.79. The lowest BCUT2D eigenvalue weighted by molar-refractivity contribution is -0.142. The molecule has 2 aromatic heterocycles. The number of carbonyl (C=O) groups is 3. The second kappa shape index (κ2) is 17.1. The number of nitrogens with zero attached hydrogens (tertiary/aromatic N) is 3. The van der Waals surface area contributed by atoms with Crippen molar-refractivity contribution in [2.45, 2.75) is 65.0 Å². The summed E-state index contributed by atoms with van der Waals surface area (Å²) in [6, 6.07) is 23.8. The topological polar surface area (TPSA) is 153 Å². The summed E-state index contributed by atoms with van der Waals surface area (Å²) in [7, 11) is 0. The first kappa shape index (κ1) is 40.4. The maximum atomic E-state index is 14.2. The molecule has 2 aliphatic heterocycles. The zero-order valence-corrected chi connectivity index (χ0v) is 34.4. The van der Waals surface area contributed by atoms with E-state index in [0.717, 1.165) is 50.2 Å². The SMILES string of the molecule is Cc1nccc(-c2ccc(CC(NC(=O)C3Cc4cc5c(cc4CN3C(=O)c3cnoc3C)OC(c3ccc(OCc4ccc(Cl)c(Cl)c4)cc3)CO5)C(=O)O)cc2)c1C. The van der Waals surface area contributed by atoms with Gasteiger partial charge in [0, 0.05) is 31.3 Å². The number of rotatable bonds is 11. The highest BCUT2D eigenvalue weighted by atomic mass is 35.5. The Morgan fingerprint density at radius 1 is 0.917 bits per heavy atom. The van der Waals surface area contributed by atoms with Gasteiger partial charge in [-0.05, 0) is 108 Å². The molecule has 4 heterocycles. The van der Waals surface area contributed by atoms with Crippen molar-refractivity contribution in [1.82, 2.24) is 20.4 Å². The van der Waals surface area contributed by atoms with Gasteiger partial charge in [0.15, 0.2) is 17.6 Å². The molecule has 12 nitrogen and oxygen atoms in total. The van der Waals surface area contributed by atoms with Crippen molar-refractivity contribution in [3.8, 4) is 28.4 Å². The quantitative estimate of drug-likeness (QED) is 0.130. The van der Waals surface area contributed by atoms with Crippen molar-refractivity contribution in [3.05, 3.63) is 158 Å². The zero-order chi connectivity index (χ0) is 42.1. The predicted molar refractivity (Wildman–Crippen MR) is 224 cm³/mol. The monoisotopic (exact) mass is 846 g/mol. The predicted octanol–water partition coefficient (Wildman–Crippen LogP) is 8.44. The van der Waals surface area contributed by atoms with Crippen LogP contribution in [0, 0.1) is 20.8 Å². The minimum atomic E-state index is -1.26. The summed E-state index contributed by atoms with van der Waals surface area (Å²) >= 11 is 12.2. The van der Waals surface area contributed by atoms with Crippen molar-refractivity contribution < 1.29 is 38.2 Å². The summed E-state index contributed by atoms with van der Waals surface area (Å²) in [6.45, 7) is 6.17. The van der Waals surface area contributed by atoms with E-state index >= 15 is 0 Å². The van der Waals surface area contributed by atoms with Gasteiger partial charge in [0.25, 0.3) is 5.91 Å². The number of amides is 2. The minimum Gasteiger partial charge on any atom is -0.489 e. The number of hydrogen-bond donors (Lipinski definition) is 2. The number of benzene rings is 4. The molecule has 0 bridgehead atoms. The van der Waals surface area contributed by atoms with Crippen LogP contribution in [-0.2, 0) is 35.6 Å². The number of aliphatic carboxylic acids is 1. The lowest BCUT2D eigenvalue weighted by Crippen LogP contribution is -2.56. The molecule has 2 aliphatic rings. The Morgan fingerprint density at radius 2 is 1.67 bits per heavy atom. The summed E-state index contributed by atoms with van der Waals surface area (Å²) < 4.78 is 23.8. The van der Waals surface area contributed by atoms with E-state index < -0.39 is 36.0 Å². The highest BCUT2D eigenvalue weighted by Gasteiger charge is 2.39. The van der Waals surface area contributed by atoms with Crippen LogP contribution in [0.2, 0.25) is 10.0 Å². The first-order chi connectivity index (χ1) is 28.9. The van der Waals surface area contributed by atoms with Gasteiger partial charge >= 0.3 is 5.97 Å². The highest BCUT2D eigenvalue weighted by Crippen LogP contribution is 2.41. The van der Waals surface area contributed by atoms with Gasteiger partial charge < -0.3 is 34.1 Å². The summed E-state index contributed by atoms with van der Waals surface area (Å²) in [5.74, 6) is -0.316. The first-order valence-corrected chi connectivity index (χ1v) is 20.1. The molecule has 306 valence electrons. The molecule has 2 N–H and O–H groups in total. The molecule has 4 aromatic carbocycles. The van der Waals surface area contributed by atoms with Crippen molar-refractivity contribution in [1.29, 1.82) is 0 Å². The maximum Gasteiger partial charge on any atom is 0.326 e. The number of nitrogens with one attached hydrogen (secondary N) is 1. The second-order valence-corrected chi connectivity index (χ2v) is 15.7. The summed E-state index contributed by atoms with van der Waals surface area (Å²) in [5.41, 5.74) is 8.22. The van der Waals surface area contributed by atoms with Crippen LogP contribution in [0.1, 0.15) is 61.3 Å². The van der Waals surface area contributed by atoms with Crippen LogP contribution in [0.4, 0.5) is 0 Å². The van der Waals surface area contributed by atoms with Gasteiger partial charge in [-0.15, -0.1) is 0 Å². The van der Waals surface area contributed by atoms with Crippen LogP contribution >= 0.6 is 23.2 Å². The highest BCUT2D eigenvalue weighted by molar-refractivity contribution is 6.42. The van der Waals surface area contributed by atoms with E-state index in [1.807, 2.05) is 86.6 Å². The van der Waals surface area contributed by atoms with E-state index in [1.54, 1.807) is 25.3 Å². The molecule has 0 aliphatic carbocycles. The Morgan fingerprint density at radius 3 is 2.38 bits per heavy atom. The molecule has 6 aromatic rings. The third-order valence-electron chi connectivity index (χ3n) is 11.0. The number of ether oxygens (including phenoxy) is 3. The Kier molecular flexibility index (Phi) is 11.5. The zero-order valence-electron chi connectivity index (χ0n) is 32.9. The van der Waals surface area contributed by atoms with Crippen LogP contribution in [-0.4, -0.2) is 56.6 Å². The van der Waals surface area contributed by atoms with E-state index in [-0.39, 0.29) is 31.6 Å². The average Bonchev–Trinajstić information content (AvgIpc) is 3.69. The van der Waals surface area contributed by atoms with Crippen LogP contribution in [0.3, 0.4) is 0 Å². The number of halogens is 2. The molecule has 3 atom stereocenters. The third kappa shape index (κ3) is 8.52. The fourth-order valence-corrected chi connectivity index (χ4v) is 7.79. The van der Waals surface area contributed by atoms with Crippen molar-refractivity contribution in [2.24, 2.45) is 0 Å². The Balaban J connectivity index is 0.982. The van der Waals surface area contributed by atoms with Gasteiger partial charge in [0.2, 0.25) is 5.91 Å². The number of pyridine rings is 1. The molecule has 14 heteroatoms. The maximum absolute atomic E-state index is 14.2. The Labute approximate surface area is 356 Å². The van der Waals surface area contributed by atoms with Crippen LogP contribution < -0.4 is 19.5 Å².